The number of nitrogen functional groups attached to an aromatic ring is 1. The number of fused-ring (bicyclic) bond motifs is 4. The molecule has 0 atom stereocenters. The van der Waals surface area contributed by atoms with Gasteiger partial charge in [0, 0.05) is 11.1 Å². The van der Waals surface area contributed by atoms with E-state index in [0.29, 0.717) is 5.95 Å². The average Bonchev–Trinajstić information content (AvgIpc) is 3.48. The van der Waals surface area contributed by atoms with E-state index in [1.54, 1.807) is 0 Å². The molecule has 2 N–H and O–H groups in total. The van der Waals surface area contributed by atoms with Gasteiger partial charge in [0.05, 0.1) is 11.0 Å². The van der Waals surface area contributed by atoms with Crippen molar-refractivity contribution in [1.82, 2.24) is 9.55 Å². The molecule has 0 unspecified atom stereocenters. The zero-order valence-corrected chi connectivity index (χ0v) is 22.4. The summed E-state index contributed by atoms with van der Waals surface area (Å²) in [6.45, 7) is 4.66. The summed E-state index contributed by atoms with van der Waals surface area (Å²) in [7, 11) is 0. The number of aromatic nitrogens is 2. The fourth-order valence-corrected chi connectivity index (χ4v) is 6.62. The van der Waals surface area contributed by atoms with E-state index in [1.165, 1.54) is 44.5 Å². The van der Waals surface area contributed by atoms with Crippen molar-refractivity contribution in [3.63, 3.8) is 0 Å². The minimum Gasteiger partial charge on any atom is -0.369 e. The number of hydrogen-bond donors (Lipinski definition) is 1. The maximum absolute atomic E-state index is 6.30. The summed E-state index contributed by atoms with van der Waals surface area (Å²) in [5, 5.41) is 0. The van der Waals surface area contributed by atoms with Gasteiger partial charge in [0.2, 0.25) is 5.95 Å². The van der Waals surface area contributed by atoms with E-state index in [0.717, 1.165) is 29.6 Å². The van der Waals surface area contributed by atoms with Crippen molar-refractivity contribution in [2.75, 3.05) is 5.73 Å². The summed E-state index contributed by atoms with van der Waals surface area (Å²) < 4.78 is 2.02. The highest BCUT2D eigenvalue weighted by Crippen LogP contribution is 2.54. The molecule has 0 aliphatic heterocycles. The van der Waals surface area contributed by atoms with Crippen LogP contribution in [0, 0.1) is 0 Å². The summed E-state index contributed by atoms with van der Waals surface area (Å²) in [5.41, 5.74) is 19.9. The quantitative estimate of drug-likeness (QED) is 0.254. The van der Waals surface area contributed by atoms with E-state index in [9.17, 15) is 0 Å². The Morgan fingerprint density at radius 3 is 1.77 bits per heavy atom. The van der Waals surface area contributed by atoms with Crippen LogP contribution in [0.5, 0.6) is 0 Å². The lowest BCUT2D eigenvalue weighted by molar-refractivity contribution is 0.491. The van der Waals surface area contributed by atoms with Gasteiger partial charge in [-0.15, -0.1) is 0 Å². The van der Waals surface area contributed by atoms with Crippen LogP contribution in [0.4, 0.5) is 5.95 Å². The molecule has 1 aromatic heterocycles. The molecule has 0 amide bonds. The highest BCUT2D eigenvalue weighted by Gasteiger charge is 2.40. The van der Waals surface area contributed by atoms with Gasteiger partial charge in [-0.05, 0) is 93.7 Å². The van der Waals surface area contributed by atoms with Crippen molar-refractivity contribution in [3.05, 3.63) is 126 Å². The van der Waals surface area contributed by atoms with Crippen LogP contribution >= 0.6 is 0 Å². The summed E-state index contributed by atoms with van der Waals surface area (Å²) >= 11 is 0. The fourth-order valence-electron chi connectivity index (χ4n) is 6.62. The fraction of sp³-hybridized carbons (Fsp3) is 0.139. The Labute approximate surface area is 229 Å². The monoisotopic (exact) mass is 505 g/mol. The first-order valence-electron chi connectivity index (χ1n) is 13.8. The third-order valence-corrected chi connectivity index (χ3v) is 8.72. The largest absolute Gasteiger partial charge is 0.369 e. The Bertz CT molecular complexity index is 1820. The predicted molar refractivity (Wildman–Crippen MR) is 163 cm³/mol. The smallest absolute Gasteiger partial charge is 0.205 e. The molecule has 1 aliphatic carbocycles. The molecule has 1 heterocycles. The van der Waals surface area contributed by atoms with Crippen molar-refractivity contribution in [3.8, 4) is 39.1 Å². The first kappa shape index (κ1) is 23.5. The first-order valence-corrected chi connectivity index (χ1v) is 13.8. The molecule has 0 saturated carbocycles. The van der Waals surface area contributed by atoms with Gasteiger partial charge in [-0.3, -0.25) is 4.57 Å². The molecular formula is C36H31N3. The van der Waals surface area contributed by atoms with Gasteiger partial charge in [-0.1, -0.05) is 92.7 Å². The lowest BCUT2D eigenvalue weighted by Gasteiger charge is -2.30. The highest BCUT2D eigenvalue weighted by molar-refractivity contribution is 5.86. The van der Waals surface area contributed by atoms with Gasteiger partial charge >= 0.3 is 0 Å². The Morgan fingerprint density at radius 2 is 1.15 bits per heavy atom. The molecule has 5 aromatic carbocycles. The molecular weight excluding hydrogens is 474 g/mol. The number of para-hydroxylation sites is 2. The molecule has 6 aromatic rings. The van der Waals surface area contributed by atoms with E-state index >= 15 is 0 Å². The number of hydrogen-bond acceptors (Lipinski definition) is 2. The van der Waals surface area contributed by atoms with Crippen LogP contribution in [0.3, 0.4) is 0 Å². The molecule has 0 radical (unpaired) electrons. The normalized spacial score (nSPS) is 13.4. The average molecular weight is 506 g/mol. The Kier molecular flexibility index (Phi) is 5.41. The van der Waals surface area contributed by atoms with Crippen molar-refractivity contribution in [2.24, 2.45) is 0 Å². The SMILES string of the molecule is CCC1(CC)c2cc(-c3ccccc3)ccc2-c2ccc(-c3ccc(-n4c(N)nc5ccccc54)cc3)cc21. The van der Waals surface area contributed by atoms with Crippen LogP contribution in [0.15, 0.2) is 115 Å². The first-order chi connectivity index (χ1) is 19.1. The lowest BCUT2D eigenvalue weighted by atomic mass is 9.73. The van der Waals surface area contributed by atoms with Crippen molar-refractivity contribution < 1.29 is 0 Å². The summed E-state index contributed by atoms with van der Waals surface area (Å²) in [6.07, 6.45) is 2.13. The highest BCUT2D eigenvalue weighted by atomic mass is 15.2. The molecule has 190 valence electrons. The van der Waals surface area contributed by atoms with Crippen LogP contribution < -0.4 is 5.73 Å². The Balaban J connectivity index is 1.30. The summed E-state index contributed by atoms with van der Waals surface area (Å²) in [6, 6.07) is 41.5. The van der Waals surface area contributed by atoms with Crippen LogP contribution in [0.25, 0.3) is 50.1 Å². The van der Waals surface area contributed by atoms with Crippen molar-refractivity contribution in [2.45, 2.75) is 32.1 Å². The van der Waals surface area contributed by atoms with Crippen LogP contribution in [0.1, 0.15) is 37.8 Å². The number of rotatable bonds is 5. The lowest BCUT2D eigenvalue weighted by Crippen LogP contribution is -2.23. The number of anilines is 1. The van der Waals surface area contributed by atoms with Crippen LogP contribution in [-0.4, -0.2) is 9.55 Å². The van der Waals surface area contributed by atoms with Gasteiger partial charge in [0.15, 0.2) is 0 Å². The topological polar surface area (TPSA) is 43.8 Å². The molecule has 0 bridgehead atoms. The number of nitrogens with zero attached hydrogens (tertiary/aromatic N) is 2. The van der Waals surface area contributed by atoms with E-state index in [2.05, 4.69) is 116 Å². The zero-order valence-electron chi connectivity index (χ0n) is 22.4. The third-order valence-electron chi connectivity index (χ3n) is 8.72. The summed E-state index contributed by atoms with van der Waals surface area (Å²) in [5.74, 6) is 0.504. The van der Waals surface area contributed by atoms with Gasteiger partial charge in [-0.25, -0.2) is 4.98 Å². The van der Waals surface area contributed by atoms with Gasteiger partial charge in [0.1, 0.15) is 0 Å². The Morgan fingerprint density at radius 1 is 0.615 bits per heavy atom. The predicted octanol–water partition coefficient (Wildman–Crippen LogP) is 9.03. The summed E-state index contributed by atoms with van der Waals surface area (Å²) in [4.78, 5) is 4.53. The van der Waals surface area contributed by atoms with E-state index in [4.69, 9.17) is 5.73 Å². The number of imidazole rings is 1. The van der Waals surface area contributed by atoms with E-state index < -0.39 is 0 Å². The Hall–Kier alpha value is -4.63. The third kappa shape index (κ3) is 3.54. The van der Waals surface area contributed by atoms with Gasteiger partial charge in [-0.2, -0.15) is 0 Å². The van der Waals surface area contributed by atoms with Crippen molar-refractivity contribution >= 4 is 17.0 Å². The zero-order chi connectivity index (χ0) is 26.6. The minimum atomic E-state index is 0.00951. The standard InChI is InChI=1S/C36H31N3/c1-3-36(4-2)31-22-26(24-10-6-5-7-11-24)16-20-29(31)30-21-17-27(23-32(30)36)25-14-18-28(19-15-25)39-34-13-9-8-12-33(34)38-35(39)37/h5-23H,3-4H2,1-2H3,(H2,37,38). The molecule has 0 saturated heterocycles. The number of nitrogens with two attached hydrogens (primary N) is 1. The molecule has 3 heteroatoms. The molecule has 0 fully saturated rings. The van der Waals surface area contributed by atoms with Crippen molar-refractivity contribution in [1.29, 1.82) is 0 Å². The van der Waals surface area contributed by atoms with Gasteiger partial charge in [0.25, 0.3) is 0 Å². The molecule has 0 spiro atoms. The number of benzene rings is 5. The minimum absolute atomic E-state index is 0.00951. The second-order valence-corrected chi connectivity index (χ2v) is 10.5. The van der Waals surface area contributed by atoms with Crippen LogP contribution in [-0.2, 0) is 5.41 Å². The molecule has 3 nitrogen and oxygen atoms in total. The molecule has 1 aliphatic rings. The van der Waals surface area contributed by atoms with E-state index in [-0.39, 0.29) is 5.41 Å². The maximum Gasteiger partial charge on any atom is 0.205 e. The second-order valence-electron chi connectivity index (χ2n) is 10.5. The van der Waals surface area contributed by atoms with Crippen LogP contribution in [0.2, 0.25) is 0 Å². The maximum atomic E-state index is 6.30. The molecule has 7 rings (SSSR count). The van der Waals surface area contributed by atoms with Gasteiger partial charge < -0.3 is 5.73 Å². The van der Waals surface area contributed by atoms with E-state index in [1.807, 2.05) is 22.8 Å². The second kappa shape index (κ2) is 8.99. The molecule has 39 heavy (non-hydrogen) atoms.